The van der Waals surface area contributed by atoms with Crippen LogP contribution >= 0.6 is 0 Å². The summed E-state index contributed by atoms with van der Waals surface area (Å²) in [7, 11) is 0. The van der Waals surface area contributed by atoms with Crippen LogP contribution in [0.4, 0.5) is 10.5 Å². The van der Waals surface area contributed by atoms with Crippen LogP contribution < -0.4 is 21.1 Å². The standard InChI is InChI=1S/C17H16N4O5/c18-15(19)10-1-3-11(4-2-10)16(24)21-17(25)20-12-5-7-13(8-6-12)26-9-14(22)23/h1-8H,9H2,(H3,18,19)(H,22,23)(H2,20,21,24,25). The van der Waals surface area contributed by atoms with E-state index >= 15 is 0 Å². The molecule has 0 saturated carbocycles. The van der Waals surface area contributed by atoms with E-state index in [1.165, 1.54) is 48.5 Å². The number of carbonyl (C=O) groups excluding carboxylic acids is 2. The van der Waals surface area contributed by atoms with Crippen molar-refractivity contribution in [3.8, 4) is 5.75 Å². The minimum Gasteiger partial charge on any atom is -0.482 e. The molecule has 0 heterocycles. The second-order valence-corrected chi connectivity index (χ2v) is 5.11. The number of nitrogen functional groups attached to an aromatic ring is 1. The highest BCUT2D eigenvalue weighted by Crippen LogP contribution is 2.15. The molecule has 0 aliphatic carbocycles. The summed E-state index contributed by atoms with van der Waals surface area (Å²) in [6, 6.07) is 11.2. The molecule has 26 heavy (non-hydrogen) atoms. The number of aliphatic carboxylic acids is 1. The third-order valence-electron chi connectivity index (χ3n) is 3.16. The van der Waals surface area contributed by atoms with E-state index in [2.05, 4.69) is 10.6 Å². The number of anilines is 1. The maximum Gasteiger partial charge on any atom is 0.341 e. The molecular formula is C17H16N4O5. The number of carbonyl (C=O) groups is 3. The molecular weight excluding hydrogens is 340 g/mol. The summed E-state index contributed by atoms with van der Waals surface area (Å²) in [5.74, 6) is -1.49. The Morgan fingerprint density at radius 1 is 1.00 bits per heavy atom. The van der Waals surface area contributed by atoms with Crippen molar-refractivity contribution >= 4 is 29.4 Å². The highest BCUT2D eigenvalue weighted by molar-refractivity contribution is 6.08. The summed E-state index contributed by atoms with van der Waals surface area (Å²) in [6.07, 6.45) is 0. The lowest BCUT2D eigenvalue weighted by molar-refractivity contribution is -0.139. The van der Waals surface area contributed by atoms with Crippen molar-refractivity contribution in [3.05, 3.63) is 59.7 Å². The minimum absolute atomic E-state index is 0.120. The van der Waals surface area contributed by atoms with Crippen molar-refractivity contribution < 1.29 is 24.2 Å². The van der Waals surface area contributed by atoms with Gasteiger partial charge in [0.1, 0.15) is 11.6 Å². The van der Waals surface area contributed by atoms with E-state index in [0.29, 0.717) is 17.0 Å². The number of amides is 3. The molecule has 6 N–H and O–H groups in total. The highest BCUT2D eigenvalue weighted by atomic mass is 16.5. The molecule has 0 aromatic heterocycles. The van der Waals surface area contributed by atoms with Gasteiger partial charge in [0.25, 0.3) is 5.91 Å². The van der Waals surface area contributed by atoms with Gasteiger partial charge in [0.2, 0.25) is 0 Å². The fraction of sp³-hybridized carbons (Fsp3) is 0.0588. The van der Waals surface area contributed by atoms with Crippen molar-refractivity contribution in [3.63, 3.8) is 0 Å². The first kappa shape index (κ1) is 18.5. The number of rotatable bonds is 6. The second kappa shape index (κ2) is 8.29. The Kier molecular flexibility index (Phi) is 5.88. The number of nitrogens with one attached hydrogen (secondary N) is 3. The first-order valence-electron chi connectivity index (χ1n) is 7.36. The fourth-order valence-electron chi connectivity index (χ4n) is 1.92. The third-order valence-corrected chi connectivity index (χ3v) is 3.16. The van der Waals surface area contributed by atoms with Gasteiger partial charge in [0.15, 0.2) is 6.61 Å². The number of nitrogens with two attached hydrogens (primary N) is 1. The van der Waals surface area contributed by atoms with Gasteiger partial charge in [-0.2, -0.15) is 0 Å². The quantitative estimate of drug-likeness (QED) is 0.389. The van der Waals surface area contributed by atoms with Crippen LogP contribution in [0.2, 0.25) is 0 Å². The van der Waals surface area contributed by atoms with Crippen LogP contribution in [-0.2, 0) is 4.79 Å². The molecule has 9 heteroatoms. The Morgan fingerprint density at radius 3 is 2.12 bits per heavy atom. The SMILES string of the molecule is N=C(N)c1ccc(C(=O)NC(=O)Nc2ccc(OCC(=O)O)cc2)cc1. The smallest absolute Gasteiger partial charge is 0.341 e. The Labute approximate surface area is 148 Å². The van der Waals surface area contributed by atoms with Crippen LogP contribution in [-0.4, -0.2) is 35.5 Å². The first-order valence-corrected chi connectivity index (χ1v) is 7.36. The summed E-state index contributed by atoms with van der Waals surface area (Å²) >= 11 is 0. The lowest BCUT2D eigenvalue weighted by Gasteiger charge is -2.08. The maximum absolute atomic E-state index is 12.0. The van der Waals surface area contributed by atoms with Crippen LogP contribution in [0.3, 0.4) is 0 Å². The summed E-state index contributed by atoms with van der Waals surface area (Å²) < 4.78 is 4.97. The summed E-state index contributed by atoms with van der Waals surface area (Å²) in [5.41, 5.74) is 6.43. The van der Waals surface area contributed by atoms with Gasteiger partial charge in [-0.1, -0.05) is 12.1 Å². The van der Waals surface area contributed by atoms with Crippen LogP contribution in [0.5, 0.6) is 5.75 Å². The lowest BCUT2D eigenvalue weighted by atomic mass is 10.1. The van der Waals surface area contributed by atoms with Crippen LogP contribution in [0.15, 0.2) is 48.5 Å². The Bertz CT molecular complexity index is 831. The Hall–Kier alpha value is -3.88. The molecule has 0 bridgehead atoms. The molecule has 3 amide bonds. The van der Waals surface area contributed by atoms with Gasteiger partial charge >= 0.3 is 12.0 Å². The average Bonchev–Trinajstić information content (AvgIpc) is 2.61. The maximum atomic E-state index is 12.0. The summed E-state index contributed by atoms with van der Waals surface area (Å²) in [4.78, 5) is 34.3. The van der Waals surface area contributed by atoms with Gasteiger partial charge in [-0.25, -0.2) is 9.59 Å². The first-order chi connectivity index (χ1) is 12.3. The van der Waals surface area contributed by atoms with E-state index in [9.17, 15) is 14.4 Å². The summed E-state index contributed by atoms with van der Waals surface area (Å²) in [5, 5.41) is 20.5. The molecule has 2 aromatic rings. The van der Waals surface area contributed by atoms with E-state index < -0.39 is 24.5 Å². The van der Waals surface area contributed by atoms with Crippen molar-refractivity contribution in [1.29, 1.82) is 5.41 Å². The monoisotopic (exact) mass is 356 g/mol. The summed E-state index contributed by atoms with van der Waals surface area (Å²) in [6.45, 7) is -0.468. The van der Waals surface area contributed by atoms with Crippen LogP contribution in [0.1, 0.15) is 15.9 Å². The van der Waals surface area contributed by atoms with Crippen LogP contribution in [0.25, 0.3) is 0 Å². The van der Waals surface area contributed by atoms with E-state index in [1.54, 1.807) is 0 Å². The number of urea groups is 1. The topological polar surface area (TPSA) is 155 Å². The molecule has 0 saturated heterocycles. The predicted molar refractivity (Wildman–Crippen MR) is 93.5 cm³/mol. The van der Waals surface area contributed by atoms with Gasteiger partial charge in [-0.3, -0.25) is 15.5 Å². The van der Waals surface area contributed by atoms with Gasteiger partial charge in [0.05, 0.1) is 0 Å². The number of carboxylic acid groups (broad SMARTS) is 1. The fourth-order valence-corrected chi connectivity index (χ4v) is 1.92. The average molecular weight is 356 g/mol. The molecule has 9 nitrogen and oxygen atoms in total. The van der Waals surface area contributed by atoms with Crippen LogP contribution in [0, 0.1) is 5.41 Å². The third kappa shape index (κ3) is 5.34. The number of carboxylic acids is 1. The molecule has 2 rings (SSSR count). The minimum atomic E-state index is -1.10. The van der Waals surface area contributed by atoms with E-state index in [1.807, 2.05) is 0 Å². The molecule has 2 aromatic carbocycles. The zero-order valence-corrected chi connectivity index (χ0v) is 13.5. The van der Waals surface area contributed by atoms with Crippen molar-refractivity contribution in [2.75, 3.05) is 11.9 Å². The molecule has 134 valence electrons. The molecule has 0 atom stereocenters. The normalized spacial score (nSPS) is 9.85. The van der Waals surface area contributed by atoms with E-state index in [4.69, 9.17) is 21.0 Å². The largest absolute Gasteiger partial charge is 0.482 e. The predicted octanol–water partition coefficient (Wildman–Crippen LogP) is 1.40. The Morgan fingerprint density at radius 2 is 1.58 bits per heavy atom. The van der Waals surface area contributed by atoms with Gasteiger partial charge < -0.3 is 20.9 Å². The number of benzene rings is 2. The second-order valence-electron chi connectivity index (χ2n) is 5.11. The number of hydrogen-bond acceptors (Lipinski definition) is 5. The van der Waals surface area contributed by atoms with Gasteiger partial charge in [0, 0.05) is 16.8 Å². The molecule has 0 aliphatic rings. The molecule has 0 spiro atoms. The molecule has 0 unspecified atom stereocenters. The van der Waals surface area contributed by atoms with Crippen molar-refractivity contribution in [2.24, 2.45) is 5.73 Å². The molecule has 0 radical (unpaired) electrons. The lowest BCUT2D eigenvalue weighted by Crippen LogP contribution is -2.34. The van der Waals surface area contributed by atoms with Crippen molar-refractivity contribution in [1.82, 2.24) is 5.32 Å². The van der Waals surface area contributed by atoms with Crippen molar-refractivity contribution in [2.45, 2.75) is 0 Å². The molecule has 0 aliphatic heterocycles. The number of imide groups is 1. The van der Waals surface area contributed by atoms with Gasteiger partial charge in [-0.05, 0) is 36.4 Å². The highest BCUT2D eigenvalue weighted by Gasteiger charge is 2.11. The zero-order chi connectivity index (χ0) is 19.1. The zero-order valence-electron chi connectivity index (χ0n) is 13.5. The van der Waals surface area contributed by atoms with E-state index in [-0.39, 0.29) is 11.4 Å². The number of ether oxygens (including phenoxy) is 1. The Balaban J connectivity index is 1.90. The number of amidine groups is 1. The van der Waals surface area contributed by atoms with E-state index in [0.717, 1.165) is 0 Å². The molecule has 0 fully saturated rings. The number of hydrogen-bond donors (Lipinski definition) is 5. The van der Waals surface area contributed by atoms with Gasteiger partial charge in [-0.15, -0.1) is 0 Å².